The van der Waals surface area contributed by atoms with Crippen molar-refractivity contribution in [2.45, 2.75) is 116 Å². The number of carbonyl (C=O) groups is 2. The molecule has 1 spiro atoms. The van der Waals surface area contributed by atoms with Gasteiger partial charge in [-0.15, -0.1) is 0 Å². The van der Waals surface area contributed by atoms with Crippen molar-refractivity contribution in [2.75, 3.05) is 46.4 Å². The highest BCUT2D eigenvalue weighted by Crippen LogP contribution is 2.49. The molecule has 1 aromatic heterocycles. The maximum Gasteiger partial charge on any atom is 0.257 e. The second-order valence-corrected chi connectivity index (χ2v) is 14.3. The molecule has 1 aromatic rings. The number of carbonyl (C=O) groups excluding carboxylic acids is 2. The number of likely N-dealkylation sites (tertiary alicyclic amines) is 3. The van der Waals surface area contributed by atoms with Gasteiger partial charge in [0.05, 0.1) is 23.1 Å². The third-order valence-electron chi connectivity index (χ3n) is 11.8. The van der Waals surface area contributed by atoms with Crippen LogP contribution in [0.4, 0.5) is 0 Å². The largest absolute Gasteiger partial charge is 0.381 e. The summed E-state index contributed by atoms with van der Waals surface area (Å²) in [5.41, 5.74) is 2.44. The number of ether oxygens (including phenoxy) is 1. The maximum absolute atomic E-state index is 13.6. The predicted molar refractivity (Wildman–Crippen MR) is 165 cm³/mol. The van der Waals surface area contributed by atoms with E-state index in [-0.39, 0.29) is 16.9 Å². The lowest BCUT2D eigenvalue weighted by atomic mass is 9.62. The van der Waals surface area contributed by atoms with E-state index >= 15 is 0 Å². The first-order chi connectivity index (χ1) is 20.2. The Bertz CT molecular complexity index is 1060. The summed E-state index contributed by atoms with van der Waals surface area (Å²) in [4.78, 5) is 42.5. The van der Waals surface area contributed by atoms with Gasteiger partial charge in [-0.25, -0.2) is 9.97 Å². The Balaban J connectivity index is 1.18. The molecule has 1 aliphatic carbocycles. The molecule has 5 rings (SSSR count). The molecule has 0 aromatic carbocycles. The van der Waals surface area contributed by atoms with Crippen LogP contribution in [0, 0.1) is 31.1 Å². The molecular weight excluding hydrogens is 526 g/mol. The first kappa shape index (κ1) is 31.4. The molecule has 2 amide bonds. The van der Waals surface area contributed by atoms with Crippen LogP contribution in [0.5, 0.6) is 0 Å². The summed E-state index contributed by atoms with van der Waals surface area (Å²) in [6, 6.07) is 0. The van der Waals surface area contributed by atoms with E-state index in [1.54, 1.807) is 0 Å². The number of hydrogen-bond donors (Lipinski definition) is 0. The van der Waals surface area contributed by atoms with Crippen LogP contribution >= 0.6 is 0 Å². The van der Waals surface area contributed by atoms with E-state index in [0.717, 1.165) is 95.6 Å². The molecule has 4 fully saturated rings. The van der Waals surface area contributed by atoms with Gasteiger partial charge in [-0.3, -0.25) is 14.5 Å². The van der Waals surface area contributed by atoms with Crippen molar-refractivity contribution in [3.8, 4) is 0 Å². The number of nitrogens with zero attached hydrogens (tertiary/aromatic N) is 5. The quantitative estimate of drug-likeness (QED) is 0.408. The van der Waals surface area contributed by atoms with Crippen molar-refractivity contribution >= 4 is 11.8 Å². The fourth-order valence-corrected chi connectivity index (χ4v) is 8.65. The Morgan fingerprint density at radius 1 is 1.00 bits per heavy atom. The standard InChI is InChI=1S/C34H55N5O3/c1-6-7-8-28-23-38(22-27-9-11-29(42-5)12-10-27)30(40)21-34(28)15-19-39(20-16-34)33(4)13-17-37(18-14-33)32(41)31-25(2)35-24-36-26(31)3/h24,27-29H,6-23H2,1-5H3. The number of hydrogen-bond acceptors (Lipinski definition) is 6. The number of rotatable bonds is 8. The van der Waals surface area contributed by atoms with Crippen LogP contribution in [0.1, 0.15) is 113 Å². The van der Waals surface area contributed by atoms with Crippen molar-refractivity contribution in [1.82, 2.24) is 24.7 Å². The van der Waals surface area contributed by atoms with E-state index in [1.165, 1.54) is 38.4 Å². The van der Waals surface area contributed by atoms with Gasteiger partial charge in [-0.05, 0) is 109 Å². The number of methoxy groups -OCH3 is 1. The fraction of sp³-hybridized carbons (Fsp3) is 0.824. The normalized spacial score (nSPS) is 28.3. The molecule has 1 saturated carbocycles. The number of amides is 2. The van der Waals surface area contributed by atoms with E-state index in [4.69, 9.17) is 4.74 Å². The summed E-state index contributed by atoms with van der Waals surface area (Å²) >= 11 is 0. The van der Waals surface area contributed by atoms with Crippen LogP contribution in [0.3, 0.4) is 0 Å². The molecule has 42 heavy (non-hydrogen) atoms. The zero-order valence-corrected chi connectivity index (χ0v) is 27.0. The van der Waals surface area contributed by atoms with Gasteiger partial charge in [-0.1, -0.05) is 19.8 Å². The van der Waals surface area contributed by atoms with Gasteiger partial charge in [0.25, 0.3) is 5.91 Å². The number of aryl methyl sites for hydroxylation is 2. The molecule has 3 saturated heterocycles. The Hall–Kier alpha value is -2.06. The van der Waals surface area contributed by atoms with Gasteiger partial charge in [0.1, 0.15) is 6.33 Å². The van der Waals surface area contributed by atoms with Crippen molar-refractivity contribution < 1.29 is 14.3 Å². The van der Waals surface area contributed by atoms with Crippen LogP contribution in [0.2, 0.25) is 0 Å². The smallest absolute Gasteiger partial charge is 0.257 e. The lowest BCUT2D eigenvalue weighted by Crippen LogP contribution is -2.60. The molecule has 1 unspecified atom stereocenters. The second kappa shape index (κ2) is 13.3. The Kier molecular flexibility index (Phi) is 9.93. The van der Waals surface area contributed by atoms with E-state index in [9.17, 15) is 9.59 Å². The topological polar surface area (TPSA) is 78.9 Å². The SMILES string of the molecule is CCCCC1CN(CC2CCC(OC)CC2)C(=O)CC12CCN(C1(C)CCN(C(=O)c3c(C)ncnc3C)CC1)CC2. The van der Waals surface area contributed by atoms with Gasteiger partial charge in [-0.2, -0.15) is 0 Å². The number of aromatic nitrogens is 2. The van der Waals surface area contributed by atoms with Crippen molar-refractivity contribution in [2.24, 2.45) is 17.3 Å². The van der Waals surface area contributed by atoms with Crippen molar-refractivity contribution in [3.63, 3.8) is 0 Å². The maximum atomic E-state index is 13.6. The molecule has 1 atom stereocenters. The summed E-state index contributed by atoms with van der Waals surface area (Å²) in [7, 11) is 1.83. The molecule has 4 aliphatic rings. The van der Waals surface area contributed by atoms with Crippen LogP contribution < -0.4 is 0 Å². The lowest BCUT2D eigenvalue weighted by Gasteiger charge is -2.56. The first-order valence-electron chi connectivity index (χ1n) is 16.8. The molecule has 0 radical (unpaired) electrons. The molecule has 8 nitrogen and oxygen atoms in total. The monoisotopic (exact) mass is 581 g/mol. The second-order valence-electron chi connectivity index (χ2n) is 14.3. The summed E-state index contributed by atoms with van der Waals surface area (Å²) in [5.74, 6) is 1.71. The molecule has 0 bridgehead atoms. The highest BCUT2D eigenvalue weighted by Gasteiger charge is 2.50. The van der Waals surface area contributed by atoms with E-state index in [0.29, 0.717) is 29.4 Å². The van der Waals surface area contributed by atoms with Gasteiger partial charge in [0, 0.05) is 45.2 Å². The van der Waals surface area contributed by atoms with Crippen LogP contribution in [0.15, 0.2) is 6.33 Å². The Labute approximate surface area is 254 Å². The third kappa shape index (κ3) is 6.54. The Morgan fingerprint density at radius 3 is 2.24 bits per heavy atom. The lowest BCUT2D eigenvalue weighted by molar-refractivity contribution is -0.147. The molecule has 0 N–H and O–H groups in total. The summed E-state index contributed by atoms with van der Waals surface area (Å²) < 4.78 is 5.58. The van der Waals surface area contributed by atoms with E-state index < -0.39 is 0 Å². The van der Waals surface area contributed by atoms with E-state index in [1.807, 2.05) is 25.9 Å². The molecule has 4 heterocycles. The van der Waals surface area contributed by atoms with Gasteiger partial charge in [0.15, 0.2) is 0 Å². The summed E-state index contributed by atoms with van der Waals surface area (Å²) in [6.45, 7) is 14.0. The molecule has 234 valence electrons. The van der Waals surface area contributed by atoms with Gasteiger partial charge in [0.2, 0.25) is 5.91 Å². The van der Waals surface area contributed by atoms with Crippen LogP contribution in [0.25, 0.3) is 0 Å². The van der Waals surface area contributed by atoms with E-state index in [2.05, 4.69) is 33.6 Å². The Morgan fingerprint density at radius 2 is 1.64 bits per heavy atom. The zero-order valence-electron chi connectivity index (χ0n) is 27.0. The molecule has 3 aliphatic heterocycles. The third-order valence-corrected chi connectivity index (χ3v) is 11.8. The van der Waals surface area contributed by atoms with Crippen molar-refractivity contribution in [3.05, 3.63) is 23.3 Å². The number of piperidine rings is 3. The highest BCUT2D eigenvalue weighted by molar-refractivity contribution is 5.96. The average Bonchev–Trinajstić information content (AvgIpc) is 2.99. The summed E-state index contributed by atoms with van der Waals surface area (Å²) in [6.07, 6.45) is 15.2. The summed E-state index contributed by atoms with van der Waals surface area (Å²) in [5, 5.41) is 0. The zero-order chi connectivity index (χ0) is 29.9. The number of unbranched alkanes of at least 4 members (excludes halogenated alkanes) is 1. The van der Waals surface area contributed by atoms with Gasteiger partial charge >= 0.3 is 0 Å². The molecular formula is C34H55N5O3. The van der Waals surface area contributed by atoms with Crippen molar-refractivity contribution in [1.29, 1.82) is 0 Å². The predicted octanol–water partition coefficient (Wildman–Crippen LogP) is 5.41. The van der Waals surface area contributed by atoms with Gasteiger partial charge < -0.3 is 14.5 Å². The first-order valence-corrected chi connectivity index (χ1v) is 16.8. The minimum atomic E-state index is 0.0704. The highest BCUT2D eigenvalue weighted by atomic mass is 16.5. The van der Waals surface area contributed by atoms with Crippen LogP contribution in [-0.2, 0) is 9.53 Å². The fourth-order valence-electron chi connectivity index (χ4n) is 8.65. The van der Waals surface area contributed by atoms with Crippen LogP contribution in [-0.4, -0.2) is 94.5 Å². The molecule has 8 heteroatoms. The minimum Gasteiger partial charge on any atom is -0.381 e. The average molecular weight is 582 g/mol. The minimum absolute atomic E-state index is 0.0704.